The normalized spacial score (nSPS) is 15.1. The van der Waals surface area contributed by atoms with E-state index in [2.05, 4.69) is 20.4 Å². The molecule has 1 amide bonds. The van der Waals surface area contributed by atoms with Crippen molar-refractivity contribution in [2.45, 2.75) is 19.4 Å². The van der Waals surface area contributed by atoms with Crippen LogP contribution in [0.15, 0.2) is 59.0 Å². The molecule has 0 radical (unpaired) electrons. The Morgan fingerprint density at radius 1 is 1.14 bits per heavy atom. The molecule has 1 atom stereocenters. The lowest BCUT2D eigenvalue weighted by Gasteiger charge is -2.24. The van der Waals surface area contributed by atoms with E-state index in [-0.39, 0.29) is 5.91 Å². The summed E-state index contributed by atoms with van der Waals surface area (Å²) in [4.78, 5) is 15.0. The largest absolute Gasteiger partial charge is 0.406 e. The molecule has 7 heteroatoms. The SMILES string of the molecule is Cc1cccc(C(=O)N[C@H](Cc2ccccc2)c2nnc(N3CCSCC3)o2)c1. The van der Waals surface area contributed by atoms with E-state index >= 15 is 0 Å². The van der Waals surface area contributed by atoms with Gasteiger partial charge < -0.3 is 14.6 Å². The summed E-state index contributed by atoms with van der Waals surface area (Å²) in [5.41, 5.74) is 2.76. The topological polar surface area (TPSA) is 71.3 Å². The molecule has 29 heavy (non-hydrogen) atoms. The fraction of sp³-hybridized carbons (Fsp3) is 0.318. The summed E-state index contributed by atoms with van der Waals surface area (Å²) in [6, 6.07) is 17.7. The van der Waals surface area contributed by atoms with E-state index in [9.17, 15) is 4.79 Å². The van der Waals surface area contributed by atoms with Crippen LogP contribution in [-0.4, -0.2) is 40.7 Å². The molecule has 1 aliphatic heterocycles. The molecule has 0 aliphatic carbocycles. The number of benzene rings is 2. The maximum absolute atomic E-state index is 12.9. The molecule has 1 aromatic heterocycles. The number of amides is 1. The molecule has 6 nitrogen and oxygen atoms in total. The van der Waals surface area contributed by atoms with Crippen molar-refractivity contribution in [3.05, 3.63) is 77.2 Å². The van der Waals surface area contributed by atoms with Gasteiger partial charge in [0.25, 0.3) is 5.91 Å². The van der Waals surface area contributed by atoms with Crippen LogP contribution in [0.3, 0.4) is 0 Å². The van der Waals surface area contributed by atoms with Crippen molar-refractivity contribution >= 4 is 23.7 Å². The Morgan fingerprint density at radius 2 is 1.93 bits per heavy atom. The van der Waals surface area contributed by atoms with E-state index in [1.807, 2.05) is 73.3 Å². The van der Waals surface area contributed by atoms with E-state index in [0.29, 0.717) is 23.9 Å². The van der Waals surface area contributed by atoms with Gasteiger partial charge in [0.05, 0.1) is 0 Å². The highest BCUT2D eigenvalue weighted by Crippen LogP contribution is 2.23. The summed E-state index contributed by atoms with van der Waals surface area (Å²) in [6.45, 7) is 3.76. The summed E-state index contributed by atoms with van der Waals surface area (Å²) >= 11 is 1.93. The van der Waals surface area contributed by atoms with Gasteiger partial charge in [-0.3, -0.25) is 4.79 Å². The molecule has 2 aromatic carbocycles. The van der Waals surface area contributed by atoms with Crippen molar-refractivity contribution in [2.24, 2.45) is 0 Å². The maximum atomic E-state index is 12.9. The maximum Gasteiger partial charge on any atom is 0.318 e. The first-order chi connectivity index (χ1) is 14.2. The van der Waals surface area contributed by atoms with Crippen molar-refractivity contribution in [2.75, 3.05) is 29.5 Å². The van der Waals surface area contributed by atoms with Crippen LogP contribution in [-0.2, 0) is 6.42 Å². The zero-order valence-electron chi connectivity index (χ0n) is 16.4. The van der Waals surface area contributed by atoms with Crippen molar-refractivity contribution < 1.29 is 9.21 Å². The number of aromatic nitrogens is 2. The second kappa shape index (κ2) is 9.13. The molecular weight excluding hydrogens is 384 g/mol. The molecule has 4 rings (SSSR count). The number of aryl methyl sites for hydroxylation is 1. The average molecular weight is 409 g/mol. The second-order valence-electron chi connectivity index (χ2n) is 7.11. The van der Waals surface area contributed by atoms with E-state index in [1.54, 1.807) is 0 Å². The smallest absolute Gasteiger partial charge is 0.318 e. The summed E-state index contributed by atoms with van der Waals surface area (Å²) in [5, 5.41) is 11.6. The number of nitrogens with zero attached hydrogens (tertiary/aromatic N) is 3. The van der Waals surface area contributed by atoms with Gasteiger partial charge >= 0.3 is 6.01 Å². The molecule has 0 saturated carbocycles. The minimum Gasteiger partial charge on any atom is -0.406 e. The third-order valence-electron chi connectivity index (χ3n) is 4.88. The lowest BCUT2D eigenvalue weighted by atomic mass is 10.0. The number of carbonyl (C=O) groups is 1. The number of hydrogen-bond acceptors (Lipinski definition) is 6. The lowest BCUT2D eigenvalue weighted by Crippen LogP contribution is -2.32. The first kappa shape index (κ1) is 19.5. The monoisotopic (exact) mass is 408 g/mol. The summed E-state index contributed by atoms with van der Waals surface area (Å²) < 4.78 is 6.00. The van der Waals surface area contributed by atoms with Gasteiger partial charge in [-0.15, -0.1) is 5.10 Å². The Balaban J connectivity index is 1.56. The Bertz CT molecular complexity index is 954. The van der Waals surface area contributed by atoms with Gasteiger partial charge in [0.2, 0.25) is 5.89 Å². The van der Waals surface area contributed by atoms with Gasteiger partial charge in [0, 0.05) is 36.6 Å². The fourth-order valence-electron chi connectivity index (χ4n) is 3.33. The highest BCUT2D eigenvalue weighted by molar-refractivity contribution is 7.99. The number of nitrogens with one attached hydrogen (secondary N) is 1. The molecule has 0 spiro atoms. The average Bonchev–Trinajstić information content (AvgIpc) is 3.25. The predicted molar refractivity (Wildman–Crippen MR) is 115 cm³/mol. The van der Waals surface area contributed by atoms with Crippen molar-refractivity contribution in [3.8, 4) is 0 Å². The van der Waals surface area contributed by atoms with Gasteiger partial charge in [0.15, 0.2) is 0 Å². The fourth-order valence-corrected chi connectivity index (χ4v) is 4.23. The van der Waals surface area contributed by atoms with Crippen LogP contribution in [0, 0.1) is 6.92 Å². The molecule has 1 aliphatic rings. The summed E-state index contributed by atoms with van der Waals surface area (Å²) in [7, 11) is 0. The molecule has 0 unspecified atom stereocenters. The van der Waals surface area contributed by atoms with Crippen LogP contribution in [0.25, 0.3) is 0 Å². The Kier molecular flexibility index (Phi) is 6.14. The van der Waals surface area contributed by atoms with Gasteiger partial charge in [0.1, 0.15) is 6.04 Å². The summed E-state index contributed by atoms with van der Waals surface area (Å²) in [6.07, 6.45) is 0.579. The second-order valence-corrected chi connectivity index (χ2v) is 8.33. The highest BCUT2D eigenvalue weighted by atomic mass is 32.2. The van der Waals surface area contributed by atoms with E-state index in [4.69, 9.17) is 4.42 Å². The van der Waals surface area contributed by atoms with Crippen molar-refractivity contribution in [1.82, 2.24) is 15.5 Å². The van der Waals surface area contributed by atoms with E-state index < -0.39 is 6.04 Å². The number of hydrogen-bond donors (Lipinski definition) is 1. The van der Waals surface area contributed by atoms with Gasteiger partial charge in [-0.05, 0) is 24.6 Å². The zero-order valence-corrected chi connectivity index (χ0v) is 17.2. The third kappa shape index (κ3) is 4.98. The van der Waals surface area contributed by atoms with Gasteiger partial charge in [-0.1, -0.05) is 53.1 Å². The molecule has 1 N–H and O–H groups in total. The van der Waals surface area contributed by atoms with E-state index in [1.165, 1.54) is 0 Å². The minimum atomic E-state index is -0.397. The molecule has 2 heterocycles. The zero-order chi connectivity index (χ0) is 20.1. The highest BCUT2D eigenvalue weighted by Gasteiger charge is 2.24. The molecule has 1 saturated heterocycles. The molecule has 150 valence electrons. The Hall–Kier alpha value is -2.80. The number of anilines is 1. The minimum absolute atomic E-state index is 0.149. The molecular formula is C22H24N4O2S. The lowest BCUT2D eigenvalue weighted by molar-refractivity contribution is 0.0930. The van der Waals surface area contributed by atoms with Crippen LogP contribution in [0.1, 0.15) is 33.4 Å². The molecule has 0 bridgehead atoms. The van der Waals surface area contributed by atoms with Crippen LogP contribution in [0.2, 0.25) is 0 Å². The van der Waals surface area contributed by atoms with Gasteiger partial charge in [-0.2, -0.15) is 11.8 Å². The van der Waals surface area contributed by atoms with Crippen molar-refractivity contribution in [3.63, 3.8) is 0 Å². The predicted octanol–water partition coefficient (Wildman–Crippen LogP) is 3.65. The van der Waals surface area contributed by atoms with E-state index in [0.717, 1.165) is 35.7 Å². The first-order valence-electron chi connectivity index (χ1n) is 9.76. The quantitative estimate of drug-likeness (QED) is 0.671. The van der Waals surface area contributed by atoms with Gasteiger partial charge in [-0.25, -0.2) is 0 Å². The van der Waals surface area contributed by atoms with Crippen LogP contribution in [0.5, 0.6) is 0 Å². The standard InChI is InChI=1S/C22H24N4O2S/c1-16-6-5-9-18(14-16)20(27)23-19(15-17-7-3-2-4-8-17)21-24-25-22(28-21)26-10-12-29-13-11-26/h2-9,14,19H,10-13,15H2,1H3,(H,23,27)/t19-/m1/s1. The Labute approximate surface area is 174 Å². The Morgan fingerprint density at radius 3 is 2.69 bits per heavy atom. The number of thioether (sulfide) groups is 1. The number of carbonyl (C=O) groups excluding carboxylic acids is 1. The van der Waals surface area contributed by atoms with Crippen LogP contribution >= 0.6 is 11.8 Å². The van der Waals surface area contributed by atoms with Crippen molar-refractivity contribution in [1.29, 1.82) is 0 Å². The van der Waals surface area contributed by atoms with Crippen LogP contribution < -0.4 is 10.2 Å². The first-order valence-corrected chi connectivity index (χ1v) is 10.9. The number of rotatable bonds is 6. The molecule has 3 aromatic rings. The van der Waals surface area contributed by atoms with Crippen LogP contribution in [0.4, 0.5) is 6.01 Å². The third-order valence-corrected chi connectivity index (χ3v) is 5.82. The summed E-state index contributed by atoms with van der Waals surface area (Å²) in [5.74, 6) is 2.39. The molecule has 1 fully saturated rings.